The van der Waals surface area contributed by atoms with Crippen molar-refractivity contribution < 1.29 is 35.9 Å². The topological polar surface area (TPSA) is 96.0 Å². The highest BCUT2D eigenvalue weighted by Gasteiger charge is 2.45. The number of nitrogens with one attached hydrogen (secondary N) is 1. The van der Waals surface area contributed by atoms with Crippen LogP contribution in [-0.4, -0.2) is 66.4 Å². The minimum Gasteiger partial charge on any atom is -0.444 e. The first-order valence-corrected chi connectivity index (χ1v) is 15.1. The Bertz CT molecular complexity index is 1330. The van der Waals surface area contributed by atoms with Gasteiger partial charge in [0.25, 0.3) is 0 Å². The highest BCUT2D eigenvalue weighted by atomic mass is 32.2. The molecule has 12 heteroatoms. The van der Waals surface area contributed by atoms with Crippen molar-refractivity contribution >= 4 is 22.0 Å². The molecule has 1 saturated carbocycles. The van der Waals surface area contributed by atoms with Gasteiger partial charge in [-0.2, -0.15) is 17.5 Å². The lowest BCUT2D eigenvalue weighted by molar-refractivity contribution is -0.137. The van der Waals surface area contributed by atoms with E-state index in [2.05, 4.69) is 5.32 Å². The van der Waals surface area contributed by atoms with Gasteiger partial charge >= 0.3 is 12.3 Å². The number of alkyl carbamates (subject to hydrolysis) is 1. The highest BCUT2D eigenvalue weighted by molar-refractivity contribution is 7.89. The van der Waals surface area contributed by atoms with Crippen molar-refractivity contribution in [2.75, 3.05) is 13.1 Å². The summed E-state index contributed by atoms with van der Waals surface area (Å²) in [5, 5.41) is 2.69. The molecule has 0 bridgehead atoms. The van der Waals surface area contributed by atoms with Gasteiger partial charge in [0, 0.05) is 31.6 Å². The molecule has 1 N–H and O–H groups in total. The van der Waals surface area contributed by atoms with Crippen LogP contribution in [0.4, 0.5) is 18.0 Å². The molecule has 2 aromatic carbocycles. The molecule has 1 aliphatic heterocycles. The SMILES string of the molecule is CC(C)(C)OC(=O)N[C@@H](Cc1ccccc1)C(=O)N1CCC(N(C2CC2)S(=O)(=O)c2cccc(C(F)(F)F)c2)CC1. The summed E-state index contributed by atoms with van der Waals surface area (Å²) >= 11 is 0. The van der Waals surface area contributed by atoms with Gasteiger partial charge in [-0.3, -0.25) is 4.79 Å². The molecule has 2 aliphatic rings. The van der Waals surface area contributed by atoms with Crippen LogP contribution in [0.15, 0.2) is 59.5 Å². The van der Waals surface area contributed by atoms with Crippen molar-refractivity contribution in [2.24, 2.45) is 0 Å². The average molecular weight is 596 g/mol. The molecule has 1 aliphatic carbocycles. The summed E-state index contributed by atoms with van der Waals surface area (Å²) in [5.41, 5.74) is -0.916. The lowest BCUT2D eigenvalue weighted by Crippen LogP contribution is -2.55. The van der Waals surface area contributed by atoms with E-state index in [1.165, 1.54) is 10.4 Å². The Morgan fingerprint density at radius 3 is 2.15 bits per heavy atom. The first-order chi connectivity index (χ1) is 19.1. The van der Waals surface area contributed by atoms with Gasteiger partial charge in [0.15, 0.2) is 0 Å². The molecule has 1 heterocycles. The summed E-state index contributed by atoms with van der Waals surface area (Å²) < 4.78 is 73.7. The minimum atomic E-state index is -4.66. The van der Waals surface area contributed by atoms with E-state index in [4.69, 9.17) is 4.74 Å². The van der Waals surface area contributed by atoms with Crippen LogP contribution < -0.4 is 5.32 Å². The van der Waals surface area contributed by atoms with Gasteiger partial charge in [-0.05, 0) is 70.2 Å². The van der Waals surface area contributed by atoms with E-state index in [-0.39, 0.29) is 36.4 Å². The van der Waals surface area contributed by atoms with Gasteiger partial charge in [0.05, 0.1) is 10.5 Å². The third-order valence-corrected chi connectivity index (χ3v) is 9.05. The van der Waals surface area contributed by atoms with Gasteiger partial charge in [-0.25, -0.2) is 13.2 Å². The number of sulfonamides is 1. The molecule has 4 rings (SSSR count). The van der Waals surface area contributed by atoms with E-state index >= 15 is 0 Å². The van der Waals surface area contributed by atoms with E-state index in [1.807, 2.05) is 30.3 Å². The number of carbonyl (C=O) groups excluding carboxylic acids is 2. The van der Waals surface area contributed by atoms with Gasteiger partial charge in [-0.1, -0.05) is 36.4 Å². The van der Waals surface area contributed by atoms with Crippen molar-refractivity contribution in [3.05, 3.63) is 65.7 Å². The van der Waals surface area contributed by atoms with Crippen LogP contribution in [0, 0.1) is 0 Å². The van der Waals surface area contributed by atoms with Crippen molar-refractivity contribution in [1.29, 1.82) is 0 Å². The van der Waals surface area contributed by atoms with E-state index in [0.29, 0.717) is 31.7 Å². The van der Waals surface area contributed by atoms with Gasteiger partial charge < -0.3 is 15.0 Å². The first kappa shape index (κ1) is 30.8. The summed E-state index contributed by atoms with van der Waals surface area (Å²) in [6.45, 7) is 5.66. The van der Waals surface area contributed by atoms with Crippen LogP contribution in [0.25, 0.3) is 0 Å². The van der Waals surface area contributed by atoms with Crippen LogP contribution in [0.1, 0.15) is 57.6 Å². The van der Waals surface area contributed by atoms with E-state index in [0.717, 1.165) is 17.7 Å². The predicted octanol–water partition coefficient (Wildman–Crippen LogP) is 4.99. The molecule has 8 nitrogen and oxygen atoms in total. The van der Waals surface area contributed by atoms with Crippen molar-refractivity contribution in [3.8, 4) is 0 Å². The Morgan fingerprint density at radius 1 is 0.976 bits per heavy atom. The summed E-state index contributed by atoms with van der Waals surface area (Å²) in [6.07, 6.45) is -3.21. The van der Waals surface area contributed by atoms with Crippen molar-refractivity contribution in [2.45, 2.75) is 87.7 Å². The number of likely N-dealkylation sites (tertiary alicyclic amines) is 1. The third kappa shape index (κ3) is 8.00. The number of piperidine rings is 1. The molecule has 1 saturated heterocycles. The molecule has 1 atom stereocenters. The van der Waals surface area contributed by atoms with E-state index in [9.17, 15) is 31.2 Å². The van der Waals surface area contributed by atoms with Crippen LogP contribution in [0.3, 0.4) is 0 Å². The molecule has 2 fully saturated rings. The predicted molar refractivity (Wildman–Crippen MR) is 146 cm³/mol. The standard InChI is InChI=1S/C29H36F3N3O5S/c1-28(2,3)40-27(37)33-25(18-20-8-5-4-6-9-20)26(36)34-16-14-23(15-17-34)35(22-12-13-22)41(38,39)24-11-7-10-21(19-24)29(30,31)32/h4-11,19,22-23,25H,12-18H2,1-3H3,(H,33,37)/t25-/m0/s1. The van der Waals surface area contributed by atoms with Gasteiger partial charge in [0.2, 0.25) is 15.9 Å². The number of ether oxygens (including phenoxy) is 1. The molecule has 2 aromatic rings. The lowest BCUT2D eigenvalue weighted by atomic mass is 10.0. The second-order valence-electron chi connectivity index (χ2n) is 11.5. The second-order valence-corrected chi connectivity index (χ2v) is 13.4. The smallest absolute Gasteiger partial charge is 0.416 e. The maximum absolute atomic E-state index is 13.6. The van der Waals surface area contributed by atoms with Crippen LogP contribution in [-0.2, 0) is 32.2 Å². The van der Waals surface area contributed by atoms with Crippen LogP contribution in [0.2, 0.25) is 0 Å². The fraction of sp³-hybridized carbons (Fsp3) is 0.517. The van der Waals surface area contributed by atoms with Crippen LogP contribution >= 0.6 is 0 Å². The fourth-order valence-corrected chi connectivity index (χ4v) is 7.01. The highest BCUT2D eigenvalue weighted by Crippen LogP contribution is 2.38. The minimum absolute atomic E-state index is 0.242. The summed E-state index contributed by atoms with van der Waals surface area (Å²) in [7, 11) is -4.19. The summed E-state index contributed by atoms with van der Waals surface area (Å²) in [5.74, 6) is -0.308. The van der Waals surface area contributed by atoms with Crippen molar-refractivity contribution in [1.82, 2.24) is 14.5 Å². The molecule has 41 heavy (non-hydrogen) atoms. The molecule has 224 valence electrons. The Morgan fingerprint density at radius 2 is 1.59 bits per heavy atom. The normalized spacial score (nSPS) is 17.8. The number of benzene rings is 2. The zero-order chi connectivity index (χ0) is 30.0. The number of hydrogen-bond donors (Lipinski definition) is 1. The summed E-state index contributed by atoms with van der Waals surface area (Å²) in [4.78, 5) is 27.4. The van der Waals surface area contributed by atoms with Gasteiger partial charge in [0.1, 0.15) is 11.6 Å². The fourth-order valence-electron chi connectivity index (χ4n) is 5.04. The first-order valence-electron chi connectivity index (χ1n) is 13.7. The molecule has 0 unspecified atom stereocenters. The van der Waals surface area contributed by atoms with E-state index in [1.54, 1.807) is 25.7 Å². The molecular weight excluding hydrogens is 559 g/mol. The Balaban J connectivity index is 1.48. The van der Waals surface area contributed by atoms with E-state index < -0.39 is 45.5 Å². The number of alkyl halides is 3. The monoisotopic (exact) mass is 595 g/mol. The quantitative estimate of drug-likeness (QED) is 0.464. The number of hydrogen-bond acceptors (Lipinski definition) is 5. The number of carbonyl (C=O) groups is 2. The maximum Gasteiger partial charge on any atom is 0.416 e. The summed E-state index contributed by atoms with van der Waals surface area (Å²) in [6, 6.07) is 11.4. The van der Waals surface area contributed by atoms with Gasteiger partial charge in [-0.15, -0.1) is 0 Å². The third-order valence-electron chi connectivity index (χ3n) is 7.05. The zero-order valence-electron chi connectivity index (χ0n) is 23.4. The number of amides is 2. The van der Waals surface area contributed by atoms with Crippen LogP contribution in [0.5, 0.6) is 0 Å². The maximum atomic E-state index is 13.6. The molecular formula is C29H36F3N3O5S. The zero-order valence-corrected chi connectivity index (χ0v) is 24.2. The second kappa shape index (κ2) is 12.0. The molecule has 2 amide bonds. The largest absolute Gasteiger partial charge is 0.444 e. The van der Waals surface area contributed by atoms with Crippen molar-refractivity contribution in [3.63, 3.8) is 0 Å². The Labute approximate surface area is 238 Å². The Hall–Kier alpha value is -3.12. The Kier molecular flexibility index (Phi) is 9.03. The molecule has 0 radical (unpaired) electrons. The average Bonchev–Trinajstić information content (AvgIpc) is 3.72. The molecule has 0 spiro atoms. The molecule has 0 aromatic heterocycles. The lowest BCUT2D eigenvalue weighted by Gasteiger charge is -2.39. The number of halogens is 3. The number of rotatable bonds is 8. The number of nitrogens with zero attached hydrogens (tertiary/aromatic N) is 2.